The lowest BCUT2D eigenvalue weighted by Crippen LogP contribution is -2.39. The van der Waals surface area contributed by atoms with Crippen LogP contribution in [0, 0.1) is 46.8 Å². The summed E-state index contributed by atoms with van der Waals surface area (Å²) < 4.78 is 42.7. The number of carboxylic acid groups (broad SMARTS) is 2. The second-order valence-corrected chi connectivity index (χ2v) is 19.6. The highest BCUT2D eigenvalue weighted by Crippen LogP contribution is 2.30. The maximum absolute atomic E-state index is 13.1. The number of carbonyl (C=O) groups is 10. The molecule has 0 bridgehead atoms. The van der Waals surface area contributed by atoms with Gasteiger partial charge in [-0.2, -0.15) is 0 Å². The van der Waals surface area contributed by atoms with Crippen LogP contribution in [0.25, 0.3) is 0 Å². The van der Waals surface area contributed by atoms with Gasteiger partial charge in [0.2, 0.25) is 0 Å². The minimum Gasteiger partial charge on any atom is -0.550 e. The zero-order valence-electron chi connectivity index (χ0n) is 47.6. The van der Waals surface area contributed by atoms with E-state index in [1.165, 1.54) is 6.92 Å². The minimum absolute atomic E-state index is 0.0151. The molecule has 456 valence electrons. The fourth-order valence-electron chi connectivity index (χ4n) is 7.35. The van der Waals surface area contributed by atoms with Gasteiger partial charge in [-0.3, -0.25) is 43.2 Å². The monoisotopic (exact) mass is 1130 g/mol. The Morgan fingerprint density at radius 1 is 0.430 bits per heavy atom. The van der Waals surface area contributed by atoms with Gasteiger partial charge in [-0.1, -0.05) is 48.5 Å². The standard InChI is InChI=1S/C54H93N3O22/c1-8-37(5)49(67)73-26-20-55-17-14-44(60)77-34-54(11-4,35-78-45(61)15-18-56-21-27-74-50(68)38(6)9-2)36-79-46(62)16-19-57-22-28-75-52(70)40(10-3)31-41(47(63)64)32-42(48(65)66)33-43(53(71)76-29-24-59)30-39(7)51(69)72-25-13-12-23-58/h37-43,55-59H,8-36H2,1-7H3,(H,63,64)(H,65,66)/p-1. The van der Waals surface area contributed by atoms with Crippen molar-refractivity contribution < 1.29 is 106 Å². The molecule has 0 spiro atoms. The van der Waals surface area contributed by atoms with E-state index in [1.54, 1.807) is 27.7 Å². The van der Waals surface area contributed by atoms with Gasteiger partial charge >= 0.3 is 53.7 Å². The zero-order valence-corrected chi connectivity index (χ0v) is 47.6. The molecule has 0 aromatic rings. The second kappa shape index (κ2) is 44.3. The fourth-order valence-corrected chi connectivity index (χ4v) is 7.35. The molecular weight excluding hydrogens is 1040 g/mol. The maximum Gasteiger partial charge on any atom is 0.309 e. The molecule has 0 aliphatic heterocycles. The Balaban J connectivity index is 5.45. The average Bonchev–Trinajstić information content (AvgIpc) is 3.43. The number of aliphatic hydroxyl groups is 2. The summed E-state index contributed by atoms with van der Waals surface area (Å²) in [5.74, 6) is -14.2. The van der Waals surface area contributed by atoms with Crippen molar-refractivity contribution in [1.29, 1.82) is 0 Å². The summed E-state index contributed by atoms with van der Waals surface area (Å²) in [6.07, 6.45) is 0.764. The van der Waals surface area contributed by atoms with Crippen molar-refractivity contribution in [2.45, 2.75) is 132 Å². The summed E-state index contributed by atoms with van der Waals surface area (Å²) in [5.41, 5.74) is -1.12. The predicted octanol–water partition coefficient (Wildman–Crippen LogP) is 1.43. The van der Waals surface area contributed by atoms with Crippen LogP contribution in [0.1, 0.15) is 132 Å². The molecule has 0 aromatic heterocycles. The molecule has 7 atom stereocenters. The van der Waals surface area contributed by atoms with Gasteiger partial charge in [0.15, 0.2) is 0 Å². The minimum atomic E-state index is -1.66. The van der Waals surface area contributed by atoms with E-state index in [0.29, 0.717) is 38.8 Å². The Labute approximate surface area is 464 Å². The van der Waals surface area contributed by atoms with E-state index in [2.05, 4.69) is 16.0 Å². The Hall–Kier alpha value is -5.50. The summed E-state index contributed by atoms with van der Waals surface area (Å²) >= 11 is 0. The molecule has 6 N–H and O–H groups in total. The fraction of sp³-hybridized carbons (Fsp3) is 0.815. The molecule has 0 aliphatic carbocycles. The van der Waals surface area contributed by atoms with Crippen LogP contribution in [-0.2, 0) is 85.8 Å². The van der Waals surface area contributed by atoms with E-state index in [4.69, 9.17) is 43.0 Å². The molecule has 0 heterocycles. The molecule has 25 heteroatoms. The van der Waals surface area contributed by atoms with Crippen molar-refractivity contribution in [3.63, 3.8) is 0 Å². The lowest BCUT2D eigenvalue weighted by molar-refractivity contribution is -0.312. The molecule has 0 saturated heterocycles. The third-order valence-corrected chi connectivity index (χ3v) is 13.2. The summed E-state index contributed by atoms with van der Waals surface area (Å²) in [6, 6.07) is 0. The van der Waals surface area contributed by atoms with Crippen LogP contribution in [0.15, 0.2) is 0 Å². The normalized spacial score (nSPS) is 14.6. The number of hydrogen-bond acceptors (Lipinski definition) is 24. The van der Waals surface area contributed by atoms with Gasteiger partial charge in [-0.15, -0.1) is 0 Å². The van der Waals surface area contributed by atoms with E-state index in [1.807, 2.05) is 13.8 Å². The quantitative estimate of drug-likeness (QED) is 0.0285. The molecule has 7 unspecified atom stereocenters. The third kappa shape index (κ3) is 34.3. The molecule has 0 aromatic carbocycles. The number of carbonyl (C=O) groups excluding carboxylic acids is 9. The van der Waals surface area contributed by atoms with E-state index in [9.17, 15) is 63.3 Å². The number of ether oxygens (including phenoxy) is 8. The molecule has 25 nitrogen and oxygen atoms in total. The summed E-state index contributed by atoms with van der Waals surface area (Å²) in [6.45, 7) is 11.7. The van der Waals surface area contributed by atoms with E-state index in [-0.39, 0.29) is 148 Å². The van der Waals surface area contributed by atoms with Gasteiger partial charge in [-0.05, 0) is 64.2 Å². The smallest absolute Gasteiger partial charge is 0.309 e. The molecule has 0 radical (unpaired) electrons. The van der Waals surface area contributed by atoms with E-state index >= 15 is 0 Å². The lowest BCUT2D eigenvalue weighted by Gasteiger charge is -2.31. The number of rotatable bonds is 49. The van der Waals surface area contributed by atoms with Gasteiger partial charge in [-0.25, -0.2) is 0 Å². The van der Waals surface area contributed by atoms with Gasteiger partial charge < -0.3 is 79.1 Å². The van der Waals surface area contributed by atoms with Crippen molar-refractivity contribution >= 4 is 59.7 Å². The maximum atomic E-state index is 13.1. The number of carboxylic acids is 2. The highest BCUT2D eigenvalue weighted by atomic mass is 16.6. The zero-order chi connectivity index (χ0) is 59.6. The largest absolute Gasteiger partial charge is 0.550 e. The molecular formula is C54H92N3O22-. The number of aliphatic hydroxyl groups excluding tert-OH is 2. The van der Waals surface area contributed by atoms with Crippen molar-refractivity contribution in [3.05, 3.63) is 0 Å². The van der Waals surface area contributed by atoms with E-state index < -0.39 is 109 Å². The first-order valence-corrected chi connectivity index (χ1v) is 27.7. The van der Waals surface area contributed by atoms with Crippen molar-refractivity contribution in [3.8, 4) is 0 Å². The van der Waals surface area contributed by atoms with Crippen LogP contribution in [0.3, 0.4) is 0 Å². The summed E-state index contributed by atoms with van der Waals surface area (Å²) in [4.78, 5) is 126. The Morgan fingerprint density at radius 3 is 1.22 bits per heavy atom. The topological polar surface area (TPSA) is 364 Å². The summed E-state index contributed by atoms with van der Waals surface area (Å²) in [7, 11) is 0. The molecule has 0 amide bonds. The molecule has 0 saturated carbocycles. The Morgan fingerprint density at radius 2 is 0.823 bits per heavy atom. The number of hydrogen-bond donors (Lipinski definition) is 6. The number of nitrogens with one attached hydrogen (secondary N) is 3. The van der Waals surface area contributed by atoms with Crippen molar-refractivity contribution in [2.75, 3.05) is 105 Å². The van der Waals surface area contributed by atoms with Gasteiger partial charge in [0.1, 0.15) is 46.2 Å². The number of unbranched alkanes of at least 4 members (excludes halogenated alkanes) is 1. The molecule has 0 fully saturated rings. The van der Waals surface area contributed by atoms with Crippen LogP contribution in [-0.4, -0.2) is 180 Å². The highest BCUT2D eigenvalue weighted by molar-refractivity contribution is 5.78. The second-order valence-electron chi connectivity index (χ2n) is 19.6. The third-order valence-electron chi connectivity index (χ3n) is 13.2. The number of esters is 8. The highest BCUT2D eigenvalue weighted by Gasteiger charge is 2.36. The van der Waals surface area contributed by atoms with Crippen molar-refractivity contribution in [2.24, 2.45) is 46.8 Å². The first-order chi connectivity index (χ1) is 37.6. The van der Waals surface area contributed by atoms with Crippen molar-refractivity contribution in [1.82, 2.24) is 16.0 Å². The Bertz CT molecular complexity index is 1770. The molecule has 0 aliphatic rings. The van der Waals surface area contributed by atoms with Crippen LogP contribution in [0.4, 0.5) is 0 Å². The molecule has 79 heavy (non-hydrogen) atoms. The first-order valence-electron chi connectivity index (χ1n) is 27.7. The van der Waals surface area contributed by atoms with Gasteiger partial charge in [0.25, 0.3) is 0 Å². The van der Waals surface area contributed by atoms with Crippen LogP contribution < -0.4 is 21.1 Å². The predicted molar refractivity (Wildman–Crippen MR) is 280 cm³/mol. The van der Waals surface area contributed by atoms with Crippen LogP contribution >= 0.6 is 0 Å². The lowest BCUT2D eigenvalue weighted by atomic mass is 9.80. The van der Waals surface area contributed by atoms with E-state index in [0.717, 1.165) is 0 Å². The Kier molecular flexibility index (Phi) is 41.2. The van der Waals surface area contributed by atoms with Gasteiger partial charge in [0.05, 0.1) is 73.4 Å². The SMILES string of the molecule is CCC(C)C(=O)OCCNCCC(=O)OCC(CC)(COC(=O)CCNCCOC(=O)C(C)CC)COC(=O)CCNCCOC(=O)C(CC)CC(CC(CC(CC(C)C(=O)OCCCCO)C(=O)OCCO)C(=O)[O-])C(=O)O. The van der Waals surface area contributed by atoms with Crippen LogP contribution in [0.5, 0.6) is 0 Å². The summed E-state index contributed by atoms with van der Waals surface area (Å²) in [5, 5.41) is 49.6. The number of aliphatic carboxylic acids is 2. The molecule has 0 rings (SSSR count). The van der Waals surface area contributed by atoms with Crippen LogP contribution in [0.2, 0.25) is 0 Å². The average molecular weight is 1140 g/mol. The van der Waals surface area contributed by atoms with Gasteiger partial charge in [0, 0.05) is 57.8 Å². The first kappa shape index (κ1) is 73.5.